The lowest BCUT2D eigenvalue weighted by atomic mass is 9.62. The molecule has 0 aliphatic rings. The molecule has 2 N–H and O–H groups in total. The van der Waals surface area contributed by atoms with Gasteiger partial charge in [0.25, 0.3) is 0 Å². The van der Waals surface area contributed by atoms with E-state index < -0.39 is 6.09 Å². The molecular formula is C24H27BN3O3S. The van der Waals surface area contributed by atoms with Crippen LogP contribution < -0.4 is 10.6 Å². The van der Waals surface area contributed by atoms with Crippen LogP contribution in [0.5, 0.6) is 0 Å². The van der Waals surface area contributed by atoms with Crippen molar-refractivity contribution in [3.63, 3.8) is 0 Å². The maximum absolute atomic E-state index is 12.4. The Balaban J connectivity index is 1.61. The lowest BCUT2D eigenvalue weighted by Crippen LogP contribution is -2.44. The number of benzene rings is 2. The fraction of sp³-hybridized carbons (Fsp3) is 0.292. The van der Waals surface area contributed by atoms with Gasteiger partial charge in [0.15, 0.2) is 0 Å². The number of hydrogen-bond donors (Lipinski definition) is 2. The molecule has 0 fully saturated rings. The Morgan fingerprint density at radius 1 is 1.00 bits per heavy atom. The fourth-order valence-electron chi connectivity index (χ4n) is 3.41. The zero-order chi connectivity index (χ0) is 22.6. The molecule has 0 aliphatic heterocycles. The lowest BCUT2D eigenvalue weighted by Gasteiger charge is -2.22. The molecular weight excluding hydrogens is 421 g/mol. The Labute approximate surface area is 193 Å². The quantitative estimate of drug-likeness (QED) is 0.438. The van der Waals surface area contributed by atoms with Gasteiger partial charge in [-0.25, -0.2) is 4.79 Å². The number of carbonyl (C=O) groups is 2. The third-order valence-electron chi connectivity index (χ3n) is 4.87. The molecule has 0 bridgehead atoms. The predicted octanol–water partition coefficient (Wildman–Crippen LogP) is 3.81. The van der Waals surface area contributed by atoms with E-state index in [-0.39, 0.29) is 24.5 Å². The van der Waals surface area contributed by atoms with Gasteiger partial charge in [0, 0.05) is 25.1 Å². The number of ether oxygens (including phenoxy) is 1. The number of rotatable bonds is 11. The molecule has 1 aromatic heterocycles. The molecule has 165 valence electrons. The summed E-state index contributed by atoms with van der Waals surface area (Å²) in [6.45, 7) is 1.71. The first-order chi connectivity index (χ1) is 15.6. The lowest BCUT2D eigenvalue weighted by molar-refractivity contribution is -0.119. The van der Waals surface area contributed by atoms with Gasteiger partial charge >= 0.3 is 6.09 Å². The number of thiazole rings is 1. The first-order valence-corrected chi connectivity index (χ1v) is 11.5. The molecule has 2 aromatic carbocycles. The average Bonchev–Trinajstić information content (AvgIpc) is 3.31. The highest BCUT2D eigenvalue weighted by molar-refractivity contribution is 7.09. The van der Waals surface area contributed by atoms with E-state index in [1.165, 1.54) is 18.3 Å². The van der Waals surface area contributed by atoms with Crippen LogP contribution in [0.1, 0.15) is 22.9 Å². The molecule has 1 radical (unpaired) electrons. The Hall–Kier alpha value is -3.13. The molecule has 6 nitrogen and oxygen atoms in total. The van der Waals surface area contributed by atoms with Crippen LogP contribution in [-0.2, 0) is 29.0 Å². The fourth-order valence-corrected chi connectivity index (χ4v) is 3.92. The number of nitrogens with zero attached hydrogens (tertiary/aromatic N) is 1. The van der Waals surface area contributed by atoms with Gasteiger partial charge < -0.3 is 15.4 Å². The van der Waals surface area contributed by atoms with E-state index in [0.717, 1.165) is 16.0 Å². The van der Waals surface area contributed by atoms with E-state index in [9.17, 15) is 9.59 Å². The van der Waals surface area contributed by atoms with Crippen molar-refractivity contribution in [1.82, 2.24) is 15.6 Å². The van der Waals surface area contributed by atoms with Crippen molar-refractivity contribution in [2.75, 3.05) is 0 Å². The highest BCUT2D eigenvalue weighted by atomic mass is 32.1. The molecule has 3 aromatic rings. The van der Waals surface area contributed by atoms with Gasteiger partial charge in [-0.1, -0.05) is 67.0 Å². The predicted molar refractivity (Wildman–Crippen MR) is 128 cm³/mol. The maximum atomic E-state index is 12.4. The first kappa shape index (κ1) is 23.5. The number of nitrogens with one attached hydrogen (secondary N) is 2. The molecule has 2 atom stereocenters. The summed E-state index contributed by atoms with van der Waals surface area (Å²) in [5, 5.41) is 5.98. The molecule has 0 aliphatic carbocycles. The van der Waals surface area contributed by atoms with Crippen molar-refractivity contribution < 1.29 is 14.3 Å². The molecule has 2 amide bonds. The van der Waals surface area contributed by atoms with Crippen LogP contribution in [0.2, 0.25) is 6.32 Å². The molecule has 3 rings (SSSR count). The minimum absolute atomic E-state index is 0.0665. The first-order valence-electron chi connectivity index (χ1n) is 10.6. The molecule has 0 spiro atoms. The van der Waals surface area contributed by atoms with E-state index in [1.54, 1.807) is 11.7 Å². The molecule has 8 heteroatoms. The highest BCUT2D eigenvalue weighted by Crippen LogP contribution is 2.11. The van der Waals surface area contributed by atoms with Gasteiger partial charge in [0.1, 0.15) is 13.9 Å². The zero-order valence-electron chi connectivity index (χ0n) is 18.1. The summed E-state index contributed by atoms with van der Waals surface area (Å²) in [4.78, 5) is 29.0. The van der Waals surface area contributed by atoms with Crippen LogP contribution in [0.4, 0.5) is 4.79 Å². The van der Waals surface area contributed by atoms with E-state index >= 15 is 0 Å². The number of amides is 2. The van der Waals surface area contributed by atoms with E-state index in [4.69, 9.17) is 4.74 Å². The summed E-state index contributed by atoms with van der Waals surface area (Å²) in [6.07, 6.45) is 3.17. The molecule has 0 saturated heterocycles. The Bertz CT molecular complexity index is 955. The molecule has 2 unspecified atom stereocenters. The van der Waals surface area contributed by atoms with Crippen LogP contribution in [0.25, 0.3) is 0 Å². The number of alkyl carbamates (subject to hydrolysis) is 1. The van der Waals surface area contributed by atoms with Crippen LogP contribution in [0.15, 0.2) is 72.4 Å². The van der Waals surface area contributed by atoms with Gasteiger partial charge in [-0.3, -0.25) is 9.78 Å². The summed E-state index contributed by atoms with van der Waals surface area (Å²) in [6, 6.07) is 20.0. The van der Waals surface area contributed by atoms with Crippen molar-refractivity contribution >= 4 is 30.6 Å². The second kappa shape index (κ2) is 12.7. The van der Waals surface area contributed by atoms with Gasteiger partial charge in [-0.15, -0.1) is 11.3 Å². The second-order valence-corrected chi connectivity index (χ2v) is 8.51. The zero-order valence-corrected chi connectivity index (χ0v) is 18.9. The molecule has 0 saturated carbocycles. The minimum Gasteiger partial charge on any atom is -0.444 e. The highest BCUT2D eigenvalue weighted by Gasteiger charge is 2.19. The van der Waals surface area contributed by atoms with Gasteiger partial charge in [0.05, 0.1) is 10.4 Å². The van der Waals surface area contributed by atoms with Crippen LogP contribution in [0.3, 0.4) is 0 Å². The normalized spacial score (nSPS) is 12.4. The SMILES string of the molecule is CC(=O)NC(C[B]C(Cc1ccccc1)NC(=O)OCc1cncs1)Cc1ccccc1. The van der Waals surface area contributed by atoms with Crippen molar-refractivity contribution in [2.45, 2.75) is 44.7 Å². The van der Waals surface area contributed by atoms with Crippen molar-refractivity contribution in [3.8, 4) is 0 Å². The summed E-state index contributed by atoms with van der Waals surface area (Å²) in [5.41, 5.74) is 3.96. The third kappa shape index (κ3) is 8.55. The standard InChI is InChI=1S/C24H27BN3O3S/c1-18(29)27-21(12-19-8-4-2-5-9-19)14-25-23(13-20-10-6-3-7-11-20)28-24(30)31-16-22-15-26-17-32-22/h2-11,15,17,21,23H,12-14,16H2,1H3,(H,27,29)(H,28,30). The van der Waals surface area contributed by atoms with Gasteiger partial charge in [-0.05, 0) is 24.0 Å². The van der Waals surface area contributed by atoms with E-state index in [2.05, 4.69) is 15.6 Å². The summed E-state index contributed by atoms with van der Waals surface area (Å²) < 4.78 is 5.35. The van der Waals surface area contributed by atoms with Crippen LogP contribution in [-0.4, -0.2) is 36.2 Å². The summed E-state index contributed by atoms with van der Waals surface area (Å²) >= 11 is 1.44. The van der Waals surface area contributed by atoms with Crippen molar-refractivity contribution in [1.29, 1.82) is 0 Å². The smallest absolute Gasteiger partial charge is 0.407 e. The largest absolute Gasteiger partial charge is 0.444 e. The van der Waals surface area contributed by atoms with Crippen LogP contribution in [0, 0.1) is 0 Å². The number of aromatic nitrogens is 1. The maximum Gasteiger partial charge on any atom is 0.407 e. The topological polar surface area (TPSA) is 80.3 Å². The van der Waals surface area contributed by atoms with Crippen molar-refractivity contribution in [2.24, 2.45) is 0 Å². The third-order valence-corrected chi connectivity index (χ3v) is 5.62. The Kier molecular flexibility index (Phi) is 9.31. The van der Waals surface area contributed by atoms with Crippen molar-refractivity contribution in [3.05, 3.63) is 88.4 Å². The second-order valence-electron chi connectivity index (χ2n) is 7.54. The van der Waals surface area contributed by atoms with Gasteiger partial charge in [0.2, 0.25) is 5.91 Å². The summed E-state index contributed by atoms with van der Waals surface area (Å²) in [7, 11) is 2.05. The monoisotopic (exact) mass is 448 g/mol. The van der Waals surface area contributed by atoms with Gasteiger partial charge in [-0.2, -0.15) is 0 Å². The van der Waals surface area contributed by atoms with Crippen LogP contribution >= 0.6 is 11.3 Å². The molecule has 32 heavy (non-hydrogen) atoms. The number of carbonyl (C=O) groups excluding carboxylic acids is 2. The van der Waals surface area contributed by atoms with E-state index in [0.29, 0.717) is 19.2 Å². The Morgan fingerprint density at radius 2 is 1.66 bits per heavy atom. The molecule has 1 heterocycles. The average molecular weight is 448 g/mol. The summed E-state index contributed by atoms with van der Waals surface area (Å²) in [5.74, 6) is -0.311. The van der Waals surface area contributed by atoms with E-state index in [1.807, 2.05) is 67.9 Å². The number of hydrogen-bond acceptors (Lipinski definition) is 5. The Morgan fingerprint density at radius 3 is 2.25 bits per heavy atom. The minimum atomic E-state index is -0.477.